The van der Waals surface area contributed by atoms with Gasteiger partial charge in [0, 0.05) is 18.7 Å². The molecule has 0 bridgehead atoms. The summed E-state index contributed by atoms with van der Waals surface area (Å²) in [6, 6.07) is 1.71. The molecule has 0 spiro atoms. The van der Waals surface area contributed by atoms with Crippen molar-refractivity contribution in [3.05, 3.63) is 18.3 Å². The maximum absolute atomic E-state index is 12.9. The van der Waals surface area contributed by atoms with E-state index in [1.165, 1.54) is 18.8 Å². The van der Waals surface area contributed by atoms with E-state index in [2.05, 4.69) is 9.97 Å². The molecule has 5 heteroatoms. The highest BCUT2D eigenvalue weighted by atomic mass is 19.1. The van der Waals surface area contributed by atoms with Crippen LogP contribution >= 0.6 is 0 Å². The molecule has 82 valence electrons. The van der Waals surface area contributed by atoms with Crippen LogP contribution in [0.5, 0.6) is 0 Å². The van der Waals surface area contributed by atoms with Gasteiger partial charge in [0.15, 0.2) is 0 Å². The molecule has 0 saturated heterocycles. The first-order valence-electron chi connectivity index (χ1n) is 5.16. The number of aliphatic hydroxyl groups excluding tert-OH is 1. The zero-order chi connectivity index (χ0) is 10.7. The van der Waals surface area contributed by atoms with Crippen molar-refractivity contribution >= 4 is 5.82 Å². The Labute approximate surface area is 87.8 Å². The molecule has 15 heavy (non-hydrogen) atoms. The summed E-state index contributed by atoms with van der Waals surface area (Å²) in [5.74, 6) is 0.0449. The minimum absolute atomic E-state index is 0.0577. The number of aliphatic hydroxyl groups is 1. The van der Waals surface area contributed by atoms with Crippen LogP contribution in [0, 0.1) is 5.95 Å². The van der Waals surface area contributed by atoms with Crippen molar-refractivity contribution in [3.8, 4) is 0 Å². The van der Waals surface area contributed by atoms with Gasteiger partial charge in [-0.25, -0.2) is 9.97 Å². The molecule has 1 saturated carbocycles. The third-order valence-corrected chi connectivity index (χ3v) is 2.77. The minimum Gasteiger partial charge on any atom is -0.395 e. The lowest BCUT2D eigenvalue weighted by Crippen LogP contribution is -2.42. The molecule has 2 rings (SSSR count). The first-order valence-corrected chi connectivity index (χ1v) is 5.16. The number of nitrogens with zero attached hydrogens (tertiary/aromatic N) is 3. The number of anilines is 1. The average molecular weight is 211 g/mol. The van der Waals surface area contributed by atoms with Gasteiger partial charge in [-0.1, -0.05) is 0 Å². The Morgan fingerprint density at radius 2 is 2.27 bits per heavy atom. The summed E-state index contributed by atoms with van der Waals surface area (Å²) in [4.78, 5) is 9.40. The van der Waals surface area contributed by atoms with Gasteiger partial charge in [0.25, 0.3) is 0 Å². The topological polar surface area (TPSA) is 49.2 Å². The van der Waals surface area contributed by atoms with Crippen LogP contribution in [-0.4, -0.2) is 34.3 Å². The van der Waals surface area contributed by atoms with E-state index in [-0.39, 0.29) is 6.61 Å². The summed E-state index contributed by atoms with van der Waals surface area (Å²) in [6.07, 6.45) is 4.59. The highest BCUT2D eigenvalue weighted by Gasteiger charge is 2.25. The Bertz CT molecular complexity index is 330. The van der Waals surface area contributed by atoms with E-state index in [0.29, 0.717) is 18.4 Å². The summed E-state index contributed by atoms with van der Waals surface area (Å²) in [5.41, 5.74) is 0. The van der Waals surface area contributed by atoms with Gasteiger partial charge in [-0.3, -0.25) is 0 Å². The van der Waals surface area contributed by atoms with Gasteiger partial charge in [0.2, 0.25) is 5.95 Å². The Morgan fingerprint density at radius 3 is 2.80 bits per heavy atom. The predicted molar refractivity (Wildman–Crippen MR) is 54.1 cm³/mol. The van der Waals surface area contributed by atoms with Crippen LogP contribution in [0.25, 0.3) is 0 Å². The van der Waals surface area contributed by atoms with Crippen LogP contribution in [0.1, 0.15) is 19.3 Å². The van der Waals surface area contributed by atoms with Crippen LogP contribution < -0.4 is 4.90 Å². The smallest absolute Gasteiger partial charge is 0.218 e. The van der Waals surface area contributed by atoms with Crippen LogP contribution in [0.15, 0.2) is 12.4 Å². The zero-order valence-corrected chi connectivity index (χ0v) is 8.43. The van der Waals surface area contributed by atoms with E-state index in [1.54, 1.807) is 0 Å². The lowest BCUT2D eigenvalue weighted by Gasteiger charge is -2.37. The van der Waals surface area contributed by atoms with Gasteiger partial charge in [0.1, 0.15) is 12.1 Å². The number of hydrogen-bond acceptors (Lipinski definition) is 4. The quantitative estimate of drug-likeness (QED) is 0.754. The first-order chi connectivity index (χ1) is 7.31. The Kier molecular flexibility index (Phi) is 3.11. The predicted octanol–water partition coefficient (Wildman–Crippen LogP) is 0.967. The van der Waals surface area contributed by atoms with E-state index in [4.69, 9.17) is 5.11 Å². The van der Waals surface area contributed by atoms with Crippen molar-refractivity contribution in [2.24, 2.45) is 0 Å². The molecule has 0 aromatic carbocycles. The summed E-state index contributed by atoms with van der Waals surface area (Å²) >= 11 is 0. The highest BCUT2D eigenvalue weighted by molar-refractivity contribution is 5.39. The normalized spacial score (nSPS) is 16.1. The van der Waals surface area contributed by atoms with Crippen molar-refractivity contribution in [3.63, 3.8) is 0 Å². The van der Waals surface area contributed by atoms with E-state index in [0.717, 1.165) is 12.8 Å². The highest BCUT2D eigenvalue weighted by Crippen LogP contribution is 2.27. The van der Waals surface area contributed by atoms with Crippen molar-refractivity contribution in [1.82, 2.24) is 9.97 Å². The van der Waals surface area contributed by atoms with Gasteiger partial charge < -0.3 is 10.0 Å². The fraction of sp³-hybridized carbons (Fsp3) is 0.600. The second kappa shape index (κ2) is 4.53. The summed E-state index contributed by atoms with van der Waals surface area (Å²) in [6.45, 7) is 0.559. The van der Waals surface area contributed by atoms with Gasteiger partial charge in [-0.2, -0.15) is 4.39 Å². The molecule has 1 aliphatic carbocycles. The molecule has 0 radical (unpaired) electrons. The fourth-order valence-corrected chi connectivity index (χ4v) is 1.77. The molecule has 0 atom stereocenters. The molecular formula is C10H14FN3O. The van der Waals surface area contributed by atoms with Gasteiger partial charge in [0.05, 0.1) is 6.61 Å². The van der Waals surface area contributed by atoms with Crippen LogP contribution in [-0.2, 0) is 0 Å². The number of hydrogen-bond donors (Lipinski definition) is 1. The van der Waals surface area contributed by atoms with E-state index in [1.807, 2.05) is 4.90 Å². The maximum atomic E-state index is 12.9. The molecule has 1 fully saturated rings. The Balaban J connectivity index is 2.15. The number of rotatable bonds is 4. The van der Waals surface area contributed by atoms with Gasteiger partial charge in [-0.05, 0) is 19.3 Å². The van der Waals surface area contributed by atoms with Crippen LogP contribution in [0.2, 0.25) is 0 Å². The van der Waals surface area contributed by atoms with Crippen molar-refractivity contribution in [2.45, 2.75) is 25.3 Å². The molecule has 1 aromatic rings. The zero-order valence-electron chi connectivity index (χ0n) is 8.43. The van der Waals surface area contributed by atoms with Crippen molar-refractivity contribution in [2.75, 3.05) is 18.1 Å². The average Bonchev–Trinajstić information content (AvgIpc) is 2.14. The van der Waals surface area contributed by atoms with Gasteiger partial charge >= 0.3 is 0 Å². The van der Waals surface area contributed by atoms with Crippen molar-refractivity contribution < 1.29 is 9.50 Å². The molecule has 0 amide bonds. The SMILES string of the molecule is OCCN(c1cc(F)ncn1)C1CCC1. The molecule has 1 aromatic heterocycles. The second-order valence-electron chi connectivity index (χ2n) is 3.70. The fourth-order valence-electron chi connectivity index (χ4n) is 1.77. The van der Waals surface area contributed by atoms with E-state index < -0.39 is 5.95 Å². The summed E-state index contributed by atoms with van der Waals surface area (Å²) < 4.78 is 12.9. The second-order valence-corrected chi connectivity index (χ2v) is 3.70. The molecule has 1 heterocycles. The van der Waals surface area contributed by atoms with E-state index >= 15 is 0 Å². The Hall–Kier alpha value is -1.23. The van der Waals surface area contributed by atoms with Crippen molar-refractivity contribution in [1.29, 1.82) is 0 Å². The lowest BCUT2D eigenvalue weighted by atomic mass is 9.91. The molecule has 4 nitrogen and oxygen atoms in total. The molecular weight excluding hydrogens is 197 g/mol. The molecule has 0 unspecified atom stereocenters. The number of halogens is 1. The van der Waals surface area contributed by atoms with Gasteiger partial charge in [-0.15, -0.1) is 0 Å². The molecule has 0 aliphatic heterocycles. The number of aromatic nitrogens is 2. The Morgan fingerprint density at radius 1 is 1.47 bits per heavy atom. The standard InChI is InChI=1S/C10H14FN3O/c11-9-6-10(13-7-12-9)14(4-5-15)8-2-1-3-8/h6-8,15H,1-5H2. The molecule has 1 aliphatic rings. The van der Waals surface area contributed by atoms with E-state index in [9.17, 15) is 4.39 Å². The molecule has 1 N–H and O–H groups in total. The maximum Gasteiger partial charge on any atom is 0.218 e. The third kappa shape index (κ3) is 2.23. The monoisotopic (exact) mass is 211 g/mol. The largest absolute Gasteiger partial charge is 0.395 e. The van der Waals surface area contributed by atoms with Crippen LogP contribution in [0.3, 0.4) is 0 Å². The third-order valence-electron chi connectivity index (χ3n) is 2.77. The van der Waals surface area contributed by atoms with Crippen LogP contribution in [0.4, 0.5) is 10.2 Å². The lowest BCUT2D eigenvalue weighted by molar-refractivity contribution is 0.282. The summed E-state index contributed by atoms with van der Waals surface area (Å²) in [7, 11) is 0. The summed E-state index contributed by atoms with van der Waals surface area (Å²) in [5, 5.41) is 8.96. The first kappa shape index (κ1) is 10.3. The minimum atomic E-state index is -0.526.